The lowest BCUT2D eigenvalue weighted by molar-refractivity contribution is 0.485. The van der Waals surface area contributed by atoms with Crippen molar-refractivity contribution in [3.8, 4) is 11.5 Å². The van der Waals surface area contributed by atoms with Gasteiger partial charge in [-0.25, -0.2) is 4.98 Å². The molecular formula is C12H13ClN2O. The molecule has 2 rings (SSSR count). The van der Waals surface area contributed by atoms with Crippen LogP contribution in [0.4, 0.5) is 0 Å². The van der Waals surface area contributed by atoms with Crippen LogP contribution in [0.1, 0.15) is 18.6 Å². The third kappa shape index (κ3) is 2.26. The van der Waals surface area contributed by atoms with E-state index >= 15 is 0 Å². The summed E-state index contributed by atoms with van der Waals surface area (Å²) in [7, 11) is 0. The summed E-state index contributed by atoms with van der Waals surface area (Å²) in [5.41, 5.74) is 6.48. The van der Waals surface area contributed by atoms with Crippen LogP contribution in [0.15, 0.2) is 34.9 Å². The second-order valence-electron chi connectivity index (χ2n) is 3.71. The fraction of sp³-hybridized carbons (Fsp3) is 0.250. The van der Waals surface area contributed by atoms with E-state index in [0.717, 1.165) is 11.3 Å². The summed E-state index contributed by atoms with van der Waals surface area (Å²) in [5.74, 6) is 1.60. The summed E-state index contributed by atoms with van der Waals surface area (Å²) in [6, 6.07) is 7.39. The molecule has 0 saturated heterocycles. The number of nitrogens with two attached hydrogens (primary N) is 1. The van der Waals surface area contributed by atoms with Gasteiger partial charge in [0.25, 0.3) is 0 Å². The first-order valence-electron chi connectivity index (χ1n) is 5.12. The van der Waals surface area contributed by atoms with Gasteiger partial charge in [0.2, 0.25) is 5.89 Å². The molecule has 1 atom stereocenters. The molecule has 84 valence electrons. The van der Waals surface area contributed by atoms with Crippen LogP contribution >= 0.6 is 11.6 Å². The van der Waals surface area contributed by atoms with Crippen molar-refractivity contribution >= 4 is 11.6 Å². The number of halogens is 1. The van der Waals surface area contributed by atoms with Gasteiger partial charge in [-0.3, -0.25) is 0 Å². The van der Waals surface area contributed by atoms with Gasteiger partial charge in [0.05, 0.1) is 6.20 Å². The Morgan fingerprint density at radius 3 is 2.69 bits per heavy atom. The van der Waals surface area contributed by atoms with E-state index in [2.05, 4.69) is 4.98 Å². The van der Waals surface area contributed by atoms with Crippen molar-refractivity contribution in [2.24, 2.45) is 5.73 Å². The molecule has 0 fully saturated rings. The maximum absolute atomic E-state index is 5.81. The van der Waals surface area contributed by atoms with Gasteiger partial charge in [-0.1, -0.05) is 18.5 Å². The van der Waals surface area contributed by atoms with Crippen molar-refractivity contribution in [3.05, 3.63) is 41.2 Å². The Hall–Kier alpha value is -1.32. The normalized spacial score (nSPS) is 12.7. The molecule has 2 N–H and O–H groups in total. The molecule has 4 heteroatoms. The standard InChI is InChI=1S/C12H13ClN2O/c1-8(6-14)11-7-15-12(16-11)9-2-4-10(13)5-3-9/h2-5,7-8H,6,14H2,1H3. The van der Waals surface area contributed by atoms with Gasteiger partial charge in [0.1, 0.15) is 5.76 Å². The van der Waals surface area contributed by atoms with Gasteiger partial charge in [-0.15, -0.1) is 0 Å². The summed E-state index contributed by atoms with van der Waals surface area (Å²) in [5, 5.41) is 0.700. The number of benzene rings is 1. The van der Waals surface area contributed by atoms with Crippen LogP contribution in [-0.2, 0) is 0 Å². The molecule has 1 aromatic carbocycles. The van der Waals surface area contributed by atoms with Crippen LogP contribution in [0, 0.1) is 0 Å². The number of nitrogens with zero attached hydrogens (tertiary/aromatic N) is 1. The average molecular weight is 237 g/mol. The summed E-state index contributed by atoms with van der Waals surface area (Å²) in [4.78, 5) is 4.22. The van der Waals surface area contributed by atoms with Crippen LogP contribution in [-0.4, -0.2) is 11.5 Å². The first kappa shape index (κ1) is 11.2. The monoisotopic (exact) mass is 236 g/mol. The summed E-state index contributed by atoms with van der Waals surface area (Å²) in [6.07, 6.45) is 1.72. The first-order valence-corrected chi connectivity index (χ1v) is 5.50. The maximum atomic E-state index is 5.81. The Bertz CT molecular complexity index is 464. The van der Waals surface area contributed by atoms with Gasteiger partial charge in [0.15, 0.2) is 0 Å². The smallest absolute Gasteiger partial charge is 0.226 e. The quantitative estimate of drug-likeness (QED) is 0.891. The number of aromatic nitrogens is 1. The lowest BCUT2D eigenvalue weighted by atomic mass is 10.1. The Labute approximate surface area is 99.2 Å². The minimum Gasteiger partial charge on any atom is -0.441 e. The van der Waals surface area contributed by atoms with E-state index in [-0.39, 0.29) is 5.92 Å². The van der Waals surface area contributed by atoms with Crippen LogP contribution in [0.3, 0.4) is 0 Å². The van der Waals surface area contributed by atoms with Crippen LogP contribution < -0.4 is 5.73 Å². The molecule has 0 aliphatic heterocycles. The fourth-order valence-electron chi connectivity index (χ4n) is 1.36. The Morgan fingerprint density at radius 2 is 2.06 bits per heavy atom. The predicted molar refractivity (Wildman–Crippen MR) is 64.4 cm³/mol. The van der Waals surface area contributed by atoms with Crippen LogP contribution in [0.2, 0.25) is 5.02 Å². The Kier molecular flexibility index (Phi) is 3.27. The zero-order chi connectivity index (χ0) is 11.5. The van der Waals surface area contributed by atoms with E-state index in [1.807, 2.05) is 31.2 Å². The molecule has 0 amide bonds. The molecule has 1 unspecified atom stereocenters. The van der Waals surface area contributed by atoms with Crippen molar-refractivity contribution in [1.29, 1.82) is 0 Å². The molecule has 2 aromatic rings. The SMILES string of the molecule is CC(CN)c1cnc(-c2ccc(Cl)cc2)o1. The first-order chi connectivity index (χ1) is 7.70. The lowest BCUT2D eigenvalue weighted by Gasteiger charge is -2.02. The van der Waals surface area contributed by atoms with Gasteiger partial charge in [0, 0.05) is 23.0 Å². The largest absolute Gasteiger partial charge is 0.441 e. The van der Waals surface area contributed by atoms with Crippen molar-refractivity contribution in [2.75, 3.05) is 6.54 Å². The predicted octanol–water partition coefficient (Wildman–Crippen LogP) is 3.06. The topological polar surface area (TPSA) is 52.0 Å². The fourth-order valence-corrected chi connectivity index (χ4v) is 1.48. The summed E-state index contributed by atoms with van der Waals surface area (Å²) >= 11 is 5.81. The molecule has 0 radical (unpaired) electrons. The van der Waals surface area contributed by atoms with Gasteiger partial charge < -0.3 is 10.2 Å². The molecule has 0 saturated carbocycles. The highest BCUT2D eigenvalue weighted by Crippen LogP contribution is 2.24. The number of oxazole rings is 1. The van der Waals surface area contributed by atoms with Crippen molar-refractivity contribution in [2.45, 2.75) is 12.8 Å². The lowest BCUT2D eigenvalue weighted by Crippen LogP contribution is -2.07. The highest BCUT2D eigenvalue weighted by Gasteiger charge is 2.11. The molecule has 0 spiro atoms. The van der Waals surface area contributed by atoms with Crippen molar-refractivity contribution in [3.63, 3.8) is 0 Å². The minimum absolute atomic E-state index is 0.188. The highest BCUT2D eigenvalue weighted by molar-refractivity contribution is 6.30. The van der Waals surface area contributed by atoms with E-state index in [1.165, 1.54) is 0 Å². The second kappa shape index (κ2) is 4.68. The molecule has 1 aromatic heterocycles. The van der Waals surface area contributed by atoms with Crippen molar-refractivity contribution in [1.82, 2.24) is 4.98 Å². The molecule has 1 heterocycles. The third-order valence-corrected chi connectivity index (χ3v) is 2.71. The molecule has 16 heavy (non-hydrogen) atoms. The molecule has 0 aliphatic carbocycles. The molecule has 0 bridgehead atoms. The molecule has 3 nitrogen and oxygen atoms in total. The third-order valence-electron chi connectivity index (χ3n) is 2.45. The second-order valence-corrected chi connectivity index (χ2v) is 4.15. The van der Waals surface area contributed by atoms with E-state index in [9.17, 15) is 0 Å². The van der Waals surface area contributed by atoms with E-state index in [4.69, 9.17) is 21.8 Å². The van der Waals surface area contributed by atoms with E-state index < -0.39 is 0 Å². The van der Waals surface area contributed by atoms with Crippen LogP contribution in [0.5, 0.6) is 0 Å². The number of hydrogen-bond acceptors (Lipinski definition) is 3. The van der Waals surface area contributed by atoms with E-state index in [1.54, 1.807) is 6.20 Å². The summed E-state index contributed by atoms with van der Waals surface area (Å²) in [6.45, 7) is 2.56. The highest BCUT2D eigenvalue weighted by atomic mass is 35.5. The minimum atomic E-state index is 0.188. The van der Waals surface area contributed by atoms with Gasteiger partial charge in [-0.2, -0.15) is 0 Å². The zero-order valence-corrected chi connectivity index (χ0v) is 9.74. The molecular weight excluding hydrogens is 224 g/mol. The summed E-state index contributed by atoms with van der Waals surface area (Å²) < 4.78 is 5.63. The average Bonchev–Trinajstić information content (AvgIpc) is 2.78. The maximum Gasteiger partial charge on any atom is 0.226 e. The number of rotatable bonds is 3. The van der Waals surface area contributed by atoms with Gasteiger partial charge >= 0.3 is 0 Å². The van der Waals surface area contributed by atoms with E-state index in [0.29, 0.717) is 17.5 Å². The Morgan fingerprint density at radius 1 is 1.38 bits per heavy atom. The van der Waals surface area contributed by atoms with Gasteiger partial charge in [-0.05, 0) is 24.3 Å². The number of hydrogen-bond donors (Lipinski definition) is 1. The Balaban J connectivity index is 2.28. The van der Waals surface area contributed by atoms with Crippen LogP contribution in [0.25, 0.3) is 11.5 Å². The van der Waals surface area contributed by atoms with Crippen molar-refractivity contribution < 1.29 is 4.42 Å². The zero-order valence-electron chi connectivity index (χ0n) is 8.98. The molecule has 0 aliphatic rings.